The number of nitrogens with one attached hydrogen (secondary N) is 1. The van der Waals surface area contributed by atoms with Crippen LogP contribution in [0.1, 0.15) is 12.5 Å². The Morgan fingerprint density at radius 2 is 2.29 bits per heavy atom. The molecule has 0 aliphatic heterocycles. The van der Waals surface area contributed by atoms with Crippen LogP contribution in [0.5, 0.6) is 0 Å². The molecule has 1 N–H and O–H groups in total. The summed E-state index contributed by atoms with van der Waals surface area (Å²) in [5, 5.41) is 4.03. The zero-order valence-electron chi connectivity index (χ0n) is 9.93. The Hall–Kier alpha value is -0.350. The van der Waals surface area contributed by atoms with Crippen LogP contribution in [0.3, 0.4) is 0 Å². The van der Waals surface area contributed by atoms with Crippen molar-refractivity contribution in [1.29, 1.82) is 0 Å². The zero-order valence-corrected chi connectivity index (χ0v) is 12.3. The quantitative estimate of drug-likeness (QED) is 0.610. The largest absolute Gasteiger partial charge is 0.376 e. The highest BCUT2D eigenvalue weighted by Gasteiger charge is 1.98. The first-order valence-corrected chi connectivity index (χ1v) is 6.63. The van der Waals surface area contributed by atoms with Gasteiger partial charge in [-0.05, 0) is 40.5 Å². The van der Waals surface area contributed by atoms with E-state index in [1.54, 1.807) is 0 Å². The molecule has 0 heterocycles. The van der Waals surface area contributed by atoms with Crippen LogP contribution in [0.25, 0.3) is 0 Å². The molecule has 0 saturated heterocycles. The number of hydrogen-bond acceptors (Lipinski definition) is 2. The van der Waals surface area contributed by atoms with Gasteiger partial charge in [0.25, 0.3) is 0 Å². The van der Waals surface area contributed by atoms with E-state index in [1.165, 1.54) is 0 Å². The van der Waals surface area contributed by atoms with Gasteiger partial charge in [0.2, 0.25) is 0 Å². The maximum atomic E-state index is 6.00. The Bertz CT molecular complexity index is 382. The molecule has 0 spiro atoms. The van der Waals surface area contributed by atoms with Gasteiger partial charge in [-0.25, -0.2) is 0 Å². The molecule has 4 heteroatoms. The molecule has 1 aromatic carbocycles. The Morgan fingerprint density at radius 3 is 2.94 bits per heavy atom. The normalized spacial score (nSPS) is 10.5. The molecule has 0 aliphatic rings. The third kappa shape index (κ3) is 6.22. The molecule has 0 atom stereocenters. The summed E-state index contributed by atoms with van der Waals surface area (Å²) >= 11 is 9.37. The van der Waals surface area contributed by atoms with Gasteiger partial charge >= 0.3 is 0 Å². The summed E-state index contributed by atoms with van der Waals surface area (Å²) in [5.41, 5.74) is 2.21. The fraction of sp³-hybridized carbons (Fsp3) is 0.385. The number of halogens is 2. The molecule has 0 aromatic heterocycles. The van der Waals surface area contributed by atoms with Crippen molar-refractivity contribution in [2.75, 3.05) is 19.8 Å². The minimum Gasteiger partial charge on any atom is -0.376 e. The minimum atomic E-state index is 0.631. The molecule has 0 amide bonds. The van der Waals surface area contributed by atoms with Gasteiger partial charge in [-0.15, -0.1) is 0 Å². The lowest BCUT2D eigenvalue weighted by Gasteiger charge is -2.07. The molecule has 1 aromatic rings. The summed E-state index contributed by atoms with van der Waals surface area (Å²) in [6.45, 7) is 8.67. The molecule has 1 rings (SSSR count). The Labute approximate surface area is 116 Å². The first-order valence-electron chi connectivity index (χ1n) is 5.46. The third-order valence-corrected chi connectivity index (χ3v) is 3.32. The average molecular weight is 319 g/mol. The molecule has 0 unspecified atom stereocenters. The molecule has 94 valence electrons. The van der Waals surface area contributed by atoms with Crippen LogP contribution >= 0.6 is 27.5 Å². The standard InChI is InChI=1S/C13H17BrClNO/c1-10(2)9-17-6-5-16-8-11-3-4-12(14)13(15)7-11/h3-4,7,16H,1,5-6,8-9H2,2H3. The first-order chi connectivity index (χ1) is 8.09. The predicted octanol–water partition coefficient (Wildman–Crippen LogP) is 3.78. The lowest BCUT2D eigenvalue weighted by atomic mass is 10.2. The highest BCUT2D eigenvalue weighted by molar-refractivity contribution is 9.10. The van der Waals surface area contributed by atoms with Gasteiger partial charge in [0.05, 0.1) is 18.2 Å². The van der Waals surface area contributed by atoms with Crippen LogP contribution in [0, 0.1) is 0 Å². The summed E-state index contributed by atoms with van der Waals surface area (Å²) in [6.07, 6.45) is 0. The van der Waals surface area contributed by atoms with Gasteiger partial charge in [0.15, 0.2) is 0 Å². The fourth-order valence-electron chi connectivity index (χ4n) is 1.27. The van der Waals surface area contributed by atoms with Gasteiger partial charge < -0.3 is 10.1 Å². The molecular formula is C13H17BrClNO. The maximum absolute atomic E-state index is 6.00. The lowest BCUT2D eigenvalue weighted by molar-refractivity contribution is 0.158. The summed E-state index contributed by atoms with van der Waals surface area (Å²) < 4.78 is 6.30. The van der Waals surface area contributed by atoms with Gasteiger partial charge in [-0.2, -0.15) is 0 Å². The summed E-state index contributed by atoms with van der Waals surface area (Å²) in [6, 6.07) is 5.95. The van der Waals surface area contributed by atoms with E-state index in [4.69, 9.17) is 16.3 Å². The predicted molar refractivity (Wildman–Crippen MR) is 76.5 cm³/mol. The molecule has 0 aliphatic carbocycles. The Morgan fingerprint density at radius 1 is 1.53 bits per heavy atom. The van der Waals surface area contributed by atoms with Crippen LogP contribution in [-0.2, 0) is 11.3 Å². The number of ether oxygens (including phenoxy) is 1. The molecule has 17 heavy (non-hydrogen) atoms. The monoisotopic (exact) mass is 317 g/mol. The average Bonchev–Trinajstić information content (AvgIpc) is 2.27. The van der Waals surface area contributed by atoms with E-state index in [-0.39, 0.29) is 0 Å². The van der Waals surface area contributed by atoms with Gasteiger partial charge in [0.1, 0.15) is 0 Å². The van der Waals surface area contributed by atoms with E-state index in [2.05, 4.69) is 27.8 Å². The second-order valence-electron chi connectivity index (χ2n) is 3.93. The second kappa shape index (κ2) is 7.88. The maximum Gasteiger partial charge on any atom is 0.0672 e. The minimum absolute atomic E-state index is 0.631. The molecular weight excluding hydrogens is 302 g/mol. The Balaban J connectivity index is 2.18. The lowest BCUT2D eigenvalue weighted by Crippen LogP contribution is -2.19. The van der Waals surface area contributed by atoms with Crippen molar-refractivity contribution in [1.82, 2.24) is 5.32 Å². The molecule has 0 bridgehead atoms. The van der Waals surface area contributed by atoms with E-state index in [0.717, 1.165) is 33.7 Å². The van der Waals surface area contributed by atoms with Crippen molar-refractivity contribution >= 4 is 27.5 Å². The Kier molecular flexibility index (Phi) is 6.82. The van der Waals surface area contributed by atoms with Crippen LogP contribution in [0.2, 0.25) is 5.02 Å². The van der Waals surface area contributed by atoms with Crippen molar-refractivity contribution < 1.29 is 4.74 Å². The van der Waals surface area contributed by atoms with Crippen LogP contribution in [0.4, 0.5) is 0 Å². The molecule has 0 radical (unpaired) electrons. The second-order valence-corrected chi connectivity index (χ2v) is 5.20. The van der Waals surface area contributed by atoms with Crippen LogP contribution in [0.15, 0.2) is 34.8 Å². The van der Waals surface area contributed by atoms with Crippen molar-refractivity contribution in [2.24, 2.45) is 0 Å². The number of hydrogen-bond donors (Lipinski definition) is 1. The number of rotatable bonds is 7. The van der Waals surface area contributed by atoms with Crippen molar-refractivity contribution in [2.45, 2.75) is 13.5 Å². The van der Waals surface area contributed by atoms with Gasteiger partial charge in [-0.3, -0.25) is 0 Å². The topological polar surface area (TPSA) is 21.3 Å². The van der Waals surface area contributed by atoms with Crippen molar-refractivity contribution in [3.63, 3.8) is 0 Å². The smallest absolute Gasteiger partial charge is 0.0672 e. The molecule has 0 fully saturated rings. The van der Waals surface area contributed by atoms with Crippen LogP contribution in [-0.4, -0.2) is 19.8 Å². The summed E-state index contributed by atoms with van der Waals surface area (Å²) in [5.74, 6) is 0. The van der Waals surface area contributed by atoms with E-state index < -0.39 is 0 Å². The summed E-state index contributed by atoms with van der Waals surface area (Å²) in [4.78, 5) is 0. The van der Waals surface area contributed by atoms with E-state index in [1.807, 2.05) is 25.1 Å². The third-order valence-electron chi connectivity index (χ3n) is 2.08. The van der Waals surface area contributed by atoms with Crippen molar-refractivity contribution in [3.05, 3.63) is 45.4 Å². The highest BCUT2D eigenvalue weighted by Crippen LogP contribution is 2.22. The fourth-order valence-corrected chi connectivity index (χ4v) is 1.72. The van der Waals surface area contributed by atoms with Gasteiger partial charge in [-0.1, -0.05) is 29.8 Å². The molecule has 0 saturated carbocycles. The summed E-state index contributed by atoms with van der Waals surface area (Å²) in [7, 11) is 0. The van der Waals surface area contributed by atoms with Crippen LogP contribution < -0.4 is 5.32 Å². The van der Waals surface area contributed by atoms with Gasteiger partial charge in [0, 0.05) is 17.6 Å². The zero-order chi connectivity index (χ0) is 12.7. The highest BCUT2D eigenvalue weighted by atomic mass is 79.9. The first kappa shape index (κ1) is 14.7. The van der Waals surface area contributed by atoms with E-state index in [9.17, 15) is 0 Å². The number of benzene rings is 1. The van der Waals surface area contributed by atoms with E-state index >= 15 is 0 Å². The molecule has 2 nitrogen and oxygen atoms in total. The SMILES string of the molecule is C=C(C)COCCNCc1ccc(Br)c(Cl)c1. The van der Waals surface area contributed by atoms with E-state index in [0.29, 0.717) is 13.2 Å². The van der Waals surface area contributed by atoms with Crippen molar-refractivity contribution in [3.8, 4) is 0 Å².